The first-order chi connectivity index (χ1) is 7.67. The molecular weight excluding hydrogens is 236 g/mol. The third kappa shape index (κ3) is 7.41. The predicted molar refractivity (Wildman–Crippen MR) is 77.0 cm³/mol. The van der Waals surface area contributed by atoms with Crippen LogP contribution in [0.4, 0.5) is 5.69 Å². The maximum atomic E-state index is 9.06. The molecule has 0 radical (unpaired) electrons. The number of hydrogen-bond donors (Lipinski definition) is 1. The first-order valence-electron chi connectivity index (χ1n) is 5.14. The van der Waals surface area contributed by atoms with Crippen molar-refractivity contribution in [2.75, 3.05) is 26.0 Å². The normalized spacial score (nSPS) is 7.94. The molecule has 0 saturated carbocycles. The standard InChI is InChI=1S/C11H15N.C2H5NO.ClH/c1-4-7-10-8-5-6-9-11(10)12(2)3;1-3-2-4;/h4-6,8-9H,1,7H2,2-3H3;2H,1H3,(H,3,4);1H. The van der Waals surface area contributed by atoms with Crippen molar-refractivity contribution in [3.05, 3.63) is 42.5 Å². The van der Waals surface area contributed by atoms with E-state index in [0.29, 0.717) is 6.41 Å². The highest BCUT2D eigenvalue weighted by atomic mass is 35.5. The number of carbonyl (C=O) groups excluding carboxylic acids is 1. The van der Waals surface area contributed by atoms with E-state index in [1.54, 1.807) is 7.05 Å². The van der Waals surface area contributed by atoms with Crippen LogP contribution in [-0.2, 0) is 11.2 Å². The monoisotopic (exact) mass is 256 g/mol. The van der Waals surface area contributed by atoms with Gasteiger partial charge in [-0.25, -0.2) is 0 Å². The molecule has 0 aliphatic carbocycles. The van der Waals surface area contributed by atoms with Crippen molar-refractivity contribution in [2.45, 2.75) is 6.42 Å². The van der Waals surface area contributed by atoms with E-state index in [1.807, 2.05) is 6.08 Å². The van der Waals surface area contributed by atoms with Crippen LogP contribution in [0.25, 0.3) is 0 Å². The van der Waals surface area contributed by atoms with Crippen LogP contribution < -0.4 is 10.2 Å². The molecule has 1 amide bonds. The van der Waals surface area contributed by atoms with Crippen molar-refractivity contribution < 1.29 is 4.79 Å². The molecule has 96 valence electrons. The van der Waals surface area contributed by atoms with E-state index in [9.17, 15) is 0 Å². The fraction of sp³-hybridized carbons (Fsp3) is 0.308. The topological polar surface area (TPSA) is 32.3 Å². The largest absolute Gasteiger partial charge is 0.377 e. The average molecular weight is 257 g/mol. The summed E-state index contributed by atoms with van der Waals surface area (Å²) in [6, 6.07) is 8.38. The molecule has 0 aromatic heterocycles. The molecule has 1 N–H and O–H groups in total. The highest BCUT2D eigenvalue weighted by molar-refractivity contribution is 5.85. The van der Waals surface area contributed by atoms with Gasteiger partial charge in [-0.15, -0.1) is 19.0 Å². The zero-order valence-electron chi connectivity index (χ0n) is 10.6. The van der Waals surface area contributed by atoms with Crippen LogP contribution in [0.1, 0.15) is 5.56 Å². The summed E-state index contributed by atoms with van der Waals surface area (Å²) in [5.41, 5.74) is 2.61. The van der Waals surface area contributed by atoms with E-state index in [2.05, 4.69) is 55.2 Å². The number of para-hydroxylation sites is 1. The Morgan fingerprint density at radius 2 is 1.88 bits per heavy atom. The van der Waals surface area contributed by atoms with Crippen LogP contribution in [0.2, 0.25) is 0 Å². The van der Waals surface area contributed by atoms with Gasteiger partial charge in [0.15, 0.2) is 0 Å². The molecule has 0 bridgehead atoms. The number of halogens is 1. The fourth-order valence-electron chi connectivity index (χ4n) is 1.28. The molecule has 3 nitrogen and oxygen atoms in total. The Bertz CT molecular complexity index is 327. The molecule has 0 aliphatic heterocycles. The summed E-state index contributed by atoms with van der Waals surface area (Å²) < 4.78 is 0. The summed E-state index contributed by atoms with van der Waals surface area (Å²) in [5, 5.41) is 2.25. The molecule has 0 fully saturated rings. The summed E-state index contributed by atoms with van der Waals surface area (Å²) in [5.74, 6) is 0. The van der Waals surface area contributed by atoms with Crippen molar-refractivity contribution in [1.29, 1.82) is 0 Å². The third-order valence-corrected chi connectivity index (χ3v) is 1.96. The molecule has 0 atom stereocenters. The zero-order chi connectivity index (χ0) is 12.4. The Hall–Kier alpha value is -1.48. The molecule has 17 heavy (non-hydrogen) atoms. The SMILES string of the molecule is C=CCc1ccccc1N(C)C.CNC=O.Cl. The van der Waals surface area contributed by atoms with Crippen LogP contribution in [-0.4, -0.2) is 27.6 Å². The van der Waals surface area contributed by atoms with E-state index >= 15 is 0 Å². The summed E-state index contributed by atoms with van der Waals surface area (Å²) in [4.78, 5) is 11.2. The highest BCUT2D eigenvalue weighted by Gasteiger charge is 1.99. The number of nitrogens with zero attached hydrogens (tertiary/aromatic N) is 1. The smallest absolute Gasteiger partial charge is 0.206 e. The summed E-state index contributed by atoms with van der Waals surface area (Å²) in [6.07, 6.45) is 3.50. The van der Waals surface area contributed by atoms with Gasteiger partial charge in [-0.1, -0.05) is 24.3 Å². The van der Waals surface area contributed by atoms with Crippen LogP contribution in [0.5, 0.6) is 0 Å². The number of anilines is 1. The molecule has 0 unspecified atom stereocenters. The van der Waals surface area contributed by atoms with Crippen molar-refractivity contribution in [3.63, 3.8) is 0 Å². The number of rotatable bonds is 4. The van der Waals surface area contributed by atoms with Crippen molar-refractivity contribution >= 4 is 24.5 Å². The van der Waals surface area contributed by atoms with Crippen LogP contribution in [0.15, 0.2) is 36.9 Å². The van der Waals surface area contributed by atoms with Crippen LogP contribution in [0, 0.1) is 0 Å². The van der Waals surface area contributed by atoms with Gasteiger partial charge in [0.25, 0.3) is 0 Å². The van der Waals surface area contributed by atoms with Gasteiger partial charge in [0, 0.05) is 26.8 Å². The van der Waals surface area contributed by atoms with Crippen molar-refractivity contribution in [2.24, 2.45) is 0 Å². The summed E-state index contributed by atoms with van der Waals surface area (Å²) in [7, 11) is 5.68. The summed E-state index contributed by atoms with van der Waals surface area (Å²) >= 11 is 0. The number of allylic oxidation sites excluding steroid dienone is 1. The molecule has 1 aromatic rings. The number of amides is 1. The summed E-state index contributed by atoms with van der Waals surface area (Å²) in [6.45, 7) is 3.74. The molecule has 1 aromatic carbocycles. The molecule has 0 aliphatic rings. The Kier molecular flexibility index (Phi) is 11.6. The van der Waals surface area contributed by atoms with Gasteiger partial charge in [-0.2, -0.15) is 0 Å². The van der Waals surface area contributed by atoms with Gasteiger partial charge < -0.3 is 10.2 Å². The Labute approximate surface area is 110 Å². The predicted octanol–water partition coefficient (Wildman–Crippen LogP) is 2.27. The number of nitrogens with one attached hydrogen (secondary N) is 1. The minimum Gasteiger partial charge on any atom is -0.377 e. The first-order valence-corrected chi connectivity index (χ1v) is 5.14. The average Bonchev–Trinajstić information content (AvgIpc) is 2.30. The van der Waals surface area contributed by atoms with Gasteiger partial charge in [-0.3, -0.25) is 4.79 Å². The van der Waals surface area contributed by atoms with Crippen LogP contribution >= 0.6 is 12.4 Å². The maximum absolute atomic E-state index is 9.06. The number of benzene rings is 1. The molecular formula is C13H21ClN2O. The second-order valence-electron chi connectivity index (χ2n) is 3.42. The Morgan fingerprint density at radius 1 is 1.35 bits per heavy atom. The van der Waals surface area contributed by atoms with E-state index < -0.39 is 0 Å². The van der Waals surface area contributed by atoms with Gasteiger partial charge in [0.05, 0.1) is 0 Å². The zero-order valence-corrected chi connectivity index (χ0v) is 11.5. The van der Waals surface area contributed by atoms with Gasteiger partial charge in [-0.05, 0) is 18.1 Å². The van der Waals surface area contributed by atoms with E-state index in [0.717, 1.165) is 6.42 Å². The lowest BCUT2D eigenvalue weighted by Crippen LogP contribution is -2.10. The van der Waals surface area contributed by atoms with Gasteiger partial charge in [0.1, 0.15) is 0 Å². The first kappa shape index (κ1) is 17.9. The Balaban J connectivity index is 0. The second-order valence-corrected chi connectivity index (χ2v) is 3.42. The maximum Gasteiger partial charge on any atom is 0.206 e. The number of carbonyl (C=O) groups is 1. The van der Waals surface area contributed by atoms with E-state index in [-0.39, 0.29) is 12.4 Å². The lowest BCUT2D eigenvalue weighted by atomic mass is 10.1. The van der Waals surface area contributed by atoms with Crippen molar-refractivity contribution in [3.8, 4) is 0 Å². The fourth-order valence-corrected chi connectivity index (χ4v) is 1.28. The van der Waals surface area contributed by atoms with Gasteiger partial charge in [0.2, 0.25) is 6.41 Å². The third-order valence-electron chi connectivity index (χ3n) is 1.96. The second kappa shape index (κ2) is 11.0. The van der Waals surface area contributed by atoms with Gasteiger partial charge >= 0.3 is 0 Å². The molecule has 4 heteroatoms. The molecule has 0 heterocycles. The highest BCUT2D eigenvalue weighted by Crippen LogP contribution is 2.18. The molecule has 0 spiro atoms. The van der Waals surface area contributed by atoms with Crippen LogP contribution in [0.3, 0.4) is 0 Å². The molecule has 0 saturated heterocycles. The Morgan fingerprint density at radius 3 is 2.29 bits per heavy atom. The lowest BCUT2D eigenvalue weighted by Gasteiger charge is -2.16. The molecule has 1 rings (SSSR count). The number of hydrogen-bond acceptors (Lipinski definition) is 2. The minimum atomic E-state index is 0. The van der Waals surface area contributed by atoms with E-state index in [1.165, 1.54) is 11.3 Å². The lowest BCUT2D eigenvalue weighted by molar-refractivity contribution is -0.109. The van der Waals surface area contributed by atoms with Crippen molar-refractivity contribution in [1.82, 2.24) is 5.32 Å². The van der Waals surface area contributed by atoms with E-state index in [4.69, 9.17) is 4.79 Å². The minimum absolute atomic E-state index is 0. The quantitative estimate of drug-likeness (QED) is 0.662.